The lowest BCUT2D eigenvalue weighted by Crippen LogP contribution is -2.23. The molecule has 1 saturated carbocycles. The number of pyridine rings is 1. The number of aromatic nitrogens is 2. The summed E-state index contributed by atoms with van der Waals surface area (Å²) in [6.07, 6.45) is 4.56. The maximum Gasteiger partial charge on any atom is 0.137 e. The van der Waals surface area contributed by atoms with Crippen LogP contribution in [-0.2, 0) is 6.54 Å². The molecule has 1 fully saturated rings. The van der Waals surface area contributed by atoms with Crippen LogP contribution in [0, 0.1) is 25.6 Å². The first-order valence-electron chi connectivity index (χ1n) is 8.55. The van der Waals surface area contributed by atoms with Crippen molar-refractivity contribution in [3.8, 4) is 0 Å². The van der Waals surface area contributed by atoms with Crippen LogP contribution in [0.5, 0.6) is 0 Å². The Morgan fingerprint density at radius 2 is 2.08 bits per heavy atom. The van der Waals surface area contributed by atoms with Crippen LogP contribution >= 0.6 is 0 Å². The van der Waals surface area contributed by atoms with E-state index in [4.69, 9.17) is 4.98 Å². The number of rotatable bonds is 5. The van der Waals surface area contributed by atoms with Gasteiger partial charge in [0.05, 0.1) is 5.69 Å². The van der Waals surface area contributed by atoms with Crippen molar-refractivity contribution in [1.82, 2.24) is 14.7 Å². The van der Waals surface area contributed by atoms with Crippen molar-refractivity contribution in [2.75, 3.05) is 0 Å². The Morgan fingerprint density at radius 3 is 2.79 bits per heavy atom. The topological polar surface area (TPSA) is 29.3 Å². The molecule has 4 rings (SSSR count). The van der Waals surface area contributed by atoms with Gasteiger partial charge in [0.15, 0.2) is 0 Å². The Bertz CT molecular complexity index is 880. The van der Waals surface area contributed by atoms with Gasteiger partial charge in [-0.3, -0.25) is 0 Å². The second-order valence-corrected chi connectivity index (χ2v) is 6.83. The lowest BCUT2D eigenvalue weighted by Gasteiger charge is -2.19. The van der Waals surface area contributed by atoms with Gasteiger partial charge in [0.25, 0.3) is 0 Å². The third kappa shape index (κ3) is 2.94. The Labute approximate surface area is 141 Å². The normalized spacial score (nSPS) is 15.8. The molecule has 0 spiro atoms. The molecule has 124 valence electrons. The van der Waals surface area contributed by atoms with Gasteiger partial charge in [-0.05, 0) is 61.9 Å². The van der Waals surface area contributed by atoms with Crippen LogP contribution in [0.4, 0.5) is 4.39 Å². The predicted molar refractivity (Wildman–Crippen MR) is 93.4 cm³/mol. The average molecular weight is 323 g/mol. The largest absolute Gasteiger partial charge is 0.304 e. The number of nitrogens with one attached hydrogen (secondary N) is 1. The second-order valence-electron chi connectivity index (χ2n) is 6.83. The molecular weight excluding hydrogens is 301 g/mol. The molecule has 0 radical (unpaired) electrons. The molecule has 0 bridgehead atoms. The number of imidazole rings is 1. The number of aryl methyl sites for hydroxylation is 2. The van der Waals surface area contributed by atoms with Crippen molar-refractivity contribution in [3.05, 3.63) is 70.9 Å². The van der Waals surface area contributed by atoms with Crippen LogP contribution < -0.4 is 5.32 Å². The smallest absolute Gasteiger partial charge is 0.137 e. The van der Waals surface area contributed by atoms with Gasteiger partial charge >= 0.3 is 0 Å². The predicted octanol–water partition coefficient (Wildman–Crippen LogP) is 4.33. The fourth-order valence-electron chi connectivity index (χ4n) is 3.35. The van der Waals surface area contributed by atoms with Gasteiger partial charge in [-0.1, -0.05) is 18.2 Å². The molecule has 1 aromatic carbocycles. The Kier molecular flexibility index (Phi) is 3.85. The van der Waals surface area contributed by atoms with Gasteiger partial charge in [0.2, 0.25) is 0 Å². The second kappa shape index (κ2) is 6.02. The fraction of sp³-hybridized carbons (Fsp3) is 0.350. The highest BCUT2D eigenvalue weighted by atomic mass is 19.1. The number of hydrogen-bond acceptors (Lipinski definition) is 2. The molecule has 1 N–H and O–H groups in total. The summed E-state index contributed by atoms with van der Waals surface area (Å²) in [6.45, 7) is 4.63. The Balaban J connectivity index is 1.55. The lowest BCUT2D eigenvalue weighted by molar-refractivity contribution is 0.476. The van der Waals surface area contributed by atoms with Crippen molar-refractivity contribution in [1.29, 1.82) is 0 Å². The summed E-state index contributed by atoms with van der Waals surface area (Å²) in [5.41, 5.74) is 5.08. The van der Waals surface area contributed by atoms with E-state index in [1.807, 2.05) is 31.2 Å². The zero-order valence-electron chi connectivity index (χ0n) is 14.1. The summed E-state index contributed by atoms with van der Waals surface area (Å²) >= 11 is 0. The van der Waals surface area contributed by atoms with Crippen LogP contribution in [0.2, 0.25) is 0 Å². The zero-order valence-corrected chi connectivity index (χ0v) is 14.1. The molecule has 3 nitrogen and oxygen atoms in total. The van der Waals surface area contributed by atoms with E-state index in [0.29, 0.717) is 11.5 Å². The van der Waals surface area contributed by atoms with E-state index in [9.17, 15) is 4.39 Å². The quantitative estimate of drug-likeness (QED) is 0.757. The number of benzene rings is 1. The fourth-order valence-corrected chi connectivity index (χ4v) is 3.35. The van der Waals surface area contributed by atoms with Crippen LogP contribution in [0.3, 0.4) is 0 Å². The standard InChI is InChI=1S/C20H22FN3/c1-13-10-16(8-9-18(13)21)20(15-6-7-15)22-11-17-12-24-14(2)4-3-5-19(24)23-17/h3-5,8-10,12,15,20,22H,6-7,11H2,1-2H3. The zero-order chi connectivity index (χ0) is 16.7. The van der Waals surface area contributed by atoms with Gasteiger partial charge in [-0.15, -0.1) is 0 Å². The lowest BCUT2D eigenvalue weighted by atomic mass is 10.00. The minimum atomic E-state index is -0.135. The summed E-state index contributed by atoms with van der Waals surface area (Å²) in [4.78, 5) is 4.69. The maximum atomic E-state index is 13.6. The SMILES string of the molecule is Cc1cc(C(NCc2cn3c(C)cccc3n2)C2CC2)ccc1F. The summed E-state index contributed by atoms with van der Waals surface area (Å²) in [6, 6.07) is 11.9. The molecule has 1 atom stereocenters. The molecule has 2 heterocycles. The van der Waals surface area contributed by atoms with Gasteiger partial charge in [-0.25, -0.2) is 9.37 Å². The van der Waals surface area contributed by atoms with Crippen LogP contribution in [0.15, 0.2) is 42.6 Å². The third-order valence-corrected chi connectivity index (χ3v) is 4.88. The number of hydrogen-bond donors (Lipinski definition) is 1. The monoisotopic (exact) mass is 323 g/mol. The first kappa shape index (κ1) is 15.3. The molecule has 24 heavy (non-hydrogen) atoms. The van der Waals surface area contributed by atoms with Crippen molar-refractivity contribution in [3.63, 3.8) is 0 Å². The molecule has 2 aromatic heterocycles. The van der Waals surface area contributed by atoms with Crippen molar-refractivity contribution in [2.24, 2.45) is 5.92 Å². The van der Waals surface area contributed by atoms with E-state index >= 15 is 0 Å². The number of halogens is 1. The summed E-state index contributed by atoms with van der Waals surface area (Å²) in [7, 11) is 0. The van der Waals surface area contributed by atoms with Crippen LogP contribution in [-0.4, -0.2) is 9.38 Å². The van der Waals surface area contributed by atoms with E-state index in [1.165, 1.54) is 24.1 Å². The van der Waals surface area contributed by atoms with E-state index in [1.54, 1.807) is 6.07 Å². The van der Waals surface area contributed by atoms with Crippen LogP contribution in [0.25, 0.3) is 5.65 Å². The first-order valence-corrected chi connectivity index (χ1v) is 8.55. The molecule has 1 aliphatic rings. The minimum absolute atomic E-state index is 0.135. The molecule has 4 heteroatoms. The van der Waals surface area contributed by atoms with E-state index in [2.05, 4.69) is 28.9 Å². The maximum absolute atomic E-state index is 13.6. The van der Waals surface area contributed by atoms with Crippen molar-refractivity contribution >= 4 is 5.65 Å². The molecule has 0 saturated heterocycles. The highest BCUT2D eigenvalue weighted by molar-refractivity contribution is 5.41. The molecule has 3 aromatic rings. The highest BCUT2D eigenvalue weighted by Gasteiger charge is 2.32. The van der Waals surface area contributed by atoms with Crippen LogP contribution in [0.1, 0.15) is 41.4 Å². The van der Waals surface area contributed by atoms with Gasteiger partial charge < -0.3 is 9.72 Å². The number of nitrogens with zero attached hydrogens (tertiary/aromatic N) is 2. The van der Waals surface area contributed by atoms with Crippen molar-refractivity contribution in [2.45, 2.75) is 39.3 Å². The van der Waals surface area contributed by atoms with E-state index in [-0.39, 0.29) is 11.9 Å². The molecule has 1 unspecified atom stereocenters. The first-order chi connectivity index (χ1) is 11.6. The van der Waals surface area contributed by atoms with Gasteiger partial charge in [-0.2, -0.15) is 0 Å². The Hall–Kier alpha value is -2.20. The third-order valence-electron chi connectivity index (χ3n) is 4.88. The minimum Gasteiger partial charge on any atom is -0.304 e. The summed E-state index contributed by atoms with van der Waals surface area (Å²) in [5, 5.41) is 3.64. The molecular formula is C20H22FN3. The van der Waals surface area contributed by atoms with Gasteiger partial charge in [0, 0.05) is 24.5 Å². The molecule has 1 aliphatic carbocycles. The number of fused-ring (bicyclic) bond motifs is 1. The molecule has 0 aliphatic heterocycles. The van der Waals surface area contributed by atoms with Gasteiger partial charge in [0.1, 0.15) is 11.5 Å². The molecule has 0 amide bonds. The average Bonchev–Trinajstić information content (AvgIpc) is 3.30. The highest BCUT2D eigenvalue weighted by Crippen LogP contribution is 2.41. The van der Waals surface area contributed by atoms with Crippen molar-refractivity contribution < 1.29 is 4.39 Å². The Morgan fingerprint density at radius 1 is 1.25 bits per heavy atom. The van der Waals surface area contributed by atoms with E-state index < -0.39 is 0 Å². The van der Waals surface area contributed by atoms with E-state index in [0.717, 1.165) is 17.9 Å². The summed E-state index contributed by atoms with van der Waals surface area (Å²) in [5.74, 6) is 0.512. The summed E-state index contributed by atoms with van der Waals surface area (Å²) < 4.78 is 15.7.